The molecule has 0 amide bonds. The van der Waals surface area contributed by atoms with E-state index >= 15 is 0 Å². The molecule has 0 aliphatic rings. The minimum Gasteiger partial charge on any atom is -0.508 e. The van der Waals surface area contributed by atoms with E-state index in [1.54, 1.807) is 24.3 Å². The van der Waals surface area contributed by atoms with Gasteiger partial charge in [-0.25, -0.2) is 11.2 Å². The molecule has 0 heterocycles. The lowest BCUT2D eigenvalue weighted by Crippen LogP contribution is -1.56. The zero-order valence-electron chi connectivity index (χ0n) is 5.51. The highest BCUT2D eigenvalue weighted by atomic mass is 32.8. The van der Waals surface area contributed by atoms with E-state index in [9.17, 15) is 0 Å². The lowest BCUT2D eigenvalue weighted by molar-refractivity contribution is 0.475. The molecule has 0 radical (unpaired) electrons. The molecule has 1 aromatic rings. The van der Waals surface area contributed by atoms with Gasteiger partial charge >= 0.3 is 0 Å². The highest BCUT2D eigenvalue weighted by Gasteiger charge is 1.74. The average Bonchev–Trinajstić information content (AvgIpc) is 1.87. The summed E-state index contributed by atoms with van der Waals surface area (Å²) in [6.07, 6.45) is 0. The maximum Gasteiger partial charge on any atom is 0.115 e. The van der Waals surface area contributed by atoms with E-state index in [-0.39, 0.29) is 0 Å². The zero-order valence-corrected chi connectivity index (χ0v) is 7.14. The molecule has 3 nitrogen and oxygen atoms in total. The van der Waals surface area contributed by atoms with Gasteiger partial charge in [0, 0.05) is 0 Å². The smallest absolute Gasteiger partial charge is 0.115 e. The molecule has 0 unspecified atom stereocenters. The Balaban J connectivity index is 0.000000218. The summed E-state index contributed by atoms with van der Waals surface area (Å²) in [5, 5.41) is 8.63. The second-order valence-electron chi connectivity index (χ2n) is 1.55. The van der Waals surface area contributed by atoms with Crippen LogP contribution in [0.5, 0.6) is 5.75 Å². The molecule has 0 saturated carbocycles. The standard InChI is InChI=1S/C6H6O.HO2S2/c7-6-4-2-1-3-5-6;1-4(2)3/h1-5,7H;(H,1,2,3)/q;-1. The molecular weight excluding hydrogens is 184 g/mol. The van der Waals surface area contributed by atoms with Crippen LogP contribution in [0.2, 0.25) is 0 Å². The Labute approximate surface area is 71.2 Å². The molecular formula is C6H7O3S2-. The van der Waals surface area contributed by atoms with Gasteiger partial charge in [0.1, 0.15) is 5.75 Å². The van der Waals surface area contributed by atoms with Gasteiger partial charge in [0.2, 0.25) is 0 Å². The molecule has 2 N–H and O–H groups in total. The van der Waals surface area contributed by atoms with Crippen molar-refractivity contribution >= 4 is 20.8 Å². The molecule has 0 aromatic heterocycles. The second-order valence-corrected chi connectivity index (χ2v) is 2.84. The van der Waals surface area contributed by atoms with Gasteiger partial charge in [0.05, 0.1) is 0 Å². The van der Waals surface area contributed by atoms with Crippen LogP contribution in [0.1, 0.15) is 0 Å². The number of phenolic OH excluding ortho intramolecular Hbond substituents is 1. The maximum absolute atomic E-state index is 8.93. The van der Waals surface area contributed by atoms with Gasteiger partial charge in [-0.2, -0.15) is 0 Å². The van der Waals surface area contributed by atoms with Crippen molar-refractivity contribution in [2.75, 3.05) is 0 Å². The summed E-state index contributed by atoms with van der Waals surface area (Å²) >= 11 is 3.65. The third-order valence-electron chi connectivity index (χ3n) is 0.756. The van der Waals surface area contributed by atoms with Gasteiger partial charge in [-0.05, 0) is 12.1 Å². The minimum absolute atomic E-state index is 0.322. The van der Waals surface area contributed by atoms with Crippen LogP contribution in [0.3, 0.4) is 0 Å². The molecule has 5 heteroatoms. The molecule has 11 heavy (non-hydrogen) atoms. The SMILES string of the molecule is O=[S-](O)=S.Oc1ccccc1. The fourth-order valence-electron chi connectivity index (χ4n) is 0.428. The van der Waals surface area contributed by atoms with Crippen molar-refractivity contribution in [2.45, 2.75) is 0 Å². The first kappa shape index (κ1) is 10.3. The Kier molecular flexibility index (Phi) is 5.73. The van der Waals surface area contributed by atoms with Gasteiger partial charge in [-0.15, -0.1) is 0 Å². The van der Waals surface area contributed by atoms with Crippen molar-refractivity contribution in [3.63, 3.8) is 0 Å². The third kappa shape index (κ3) is 9.35. The van der Waals surface area contributed by atoms with E-state index < -0.39 is 9.64 Å². The first-order chi connectivity index (χ1) is 5.13. The Hall–Kier alpha value is -0.650. The number of rotatable bonds is 0. The number of phenols is 1. The van der Waals surface area contributed by atoms with Gasteiger partial charge < -0.3 is 13.9 Å². The number of para-hydroxylation sites is 1. The summed E-state index contributed by atoms with van der Waals surface area (Å²) in [4.78, 5) is 0. The van der Waals surface area contributed by atoms with Crippen molar-refractivity contribution in [2.24, 2.45) is 0 Å². The molecule has 1 rings (SSSR count). The van der Waals surface area contributed by atoms with Crippen LogP contribution in [0, 0.1) is 0 Å². The molecule has 0 fully saturated rings. The van der Waals surface area contributed by atoms with Gasteiger partial charge in [-0.1, -0.05) is 27.8 Å². The highest BCUT2D eigenvalue weighted by Crippen LogP contribution is 2.02. The van der Waals surface area contributed by atoms with Crippen LogP contribution in [0.4, 0.5) is 0 Å². The van der Waals surface area contributed by atoms with Crippen LogP contribution < -0.4 is 0 Å². The largest absolute Gasteiger partial charge is 0.508 e. The van der Waals surface area contributed by atoms with Crippen LogP contribution in [0.25, 0.3) is 0 Å². The van der Waals surface area contributed by atoms with Crippen LogP contribution in [-0.2, 0) is 25.0 Å². The van der Waals surface area contributed by atoms with Crippen molar-refractivity contribution in [1.29, 1.82) is 0 Å². The van der Waals surface area contributed by atoms with Crippen molar-refractivity contribution in [3.8, 4) is 5.75 Å². The summed E-state index contributed by atoms with van der Waals surface area (Å²) in [5.41, 5.74) is 0. The lowest BCUT2D eigenvalue weighted by Gasteiger charge is -1.82. The fourth-order valence-corrected chi connectivity index (χ4v) is 0.428. The molecule has 0 spiro atoms. The molecule has 0 bridgehead atoms. The summed E-state index contributed by atoms with van der Waals surface area (Å²) in [5.74, 6) is 0.322. The summed E-state index contributed by atoms with van der Waals surface area (Å²) in [6.45, 7) is 0. The quantitative estimate of drug-likeness (QED) is 0.479. The Morgan fingerprint density at radius 2 is 1.64 bits per heavy atom. The number of benzene rings is 1. The first-order valence-corrected chi connectivity index (χ1v) is 4.68. The van der Waals surface area contributed by atoms with E-state index in [0.717, 1.165) is 0 Å². The Bertz CT molecular complexity index is 248. The van der Waals surface area contributed by atoms with Gasteiger partial charge in [-0.3, -0.25) is 0 Å². The molecule has 1 aromatic carbocycles. The first-order valence-electron chi connectivity index (χ1n) is 2.65. The monoisotopic (exact) mass is 191 g/mol. The third-order valence-corrected chi connectivity index (χ3v) is 0.756. The predicted molar refractivity (Wildman–Crippen MR) is 46.2 cm³/mol. The second kappa shape index (κ2) is 6.09. The number of hydrogen-bond acceptors (Lipinski definition) is 4. The normalized spacial score (nSPS) is 8.55. The van der Waals surface area contributed by atoms with E-state index in [4.69, 9.17) is 13.9 Å². The van der Waals surface area contributed by atoms with Crippen LogP contribution >= 0.6 is 0 Å². The van der Waals surface area contributed by atoms with Gasteiger partial charge in [0.15, 0.2) is 0 Å². The van der Waals surface area contributed by atoms with Crippen LogP contribution in [-0.4, -0.2) is 9.66 Å². The minimum atomic E-state index is -2.03. The maximum atomic E-state index is 8.93. The molecule has 0 saturated heterocycles. The Morgan fingerprint density at radius 3 is 1.82 bits per heavy atom. The number of hydrogen-bond donors (Lipinski definition) is 2. The van der Waals surface area contributed by atoms with E-state index in [1.807, 2.05) is 6.07 Å². The molecule has 0 aliphatic carbocycles. The fraction of sp³-hybridized carbons (Fsp3) is 0. The van der Waals surface area contributed by atoms with Crippen LogP contribution in [0.15, 0.2) is 30.3 Å². The number of aromatic hydroxyl groups is 1. The summed E-state index contributed by atoms with van der Waals surface area (Å²) in [6, 6.07) is 8.71. The van der Waals surface area contributed by atoms with Crippen molar-refractivity contribution in [1.82, 2.24) is 0 Å². The Morgan fingerprint density at radius 1 is 1.27 bits per heavy atom. The summed E-state index contributed by atoms with van der Waals surface area (Å²) < 4.78 is 16.3. The molecule has 62 valence electrons. The van der Waals surface area contributed by atoms with E-state index in [1.165, 1.54) is 0 Å². The topological polar surface area (TPSA) is 57.5 Å². The van der Waals surface area contributed by atoms with E-state index in [2.05, 4.69) is 11.2 Å². The van der Waals surface area contributed by atoms with Crippen molar-refractivity contribution < 1.29 is 13.9 Å². The average molecular weight is 191 g/mol. The summed E-state index contributed by atoms with van der Waals surface area (Å²) in [7, 11) is -2.03. The van der Waals surface area contributed by atoms with Crippen molar-refractivity contribution in [3.05, 3.63) is 30.3 Å². The van der Waals surface area contributed by atoms with E-state index in [0.29, 0.717) is 5.75 Å². The molecule has 0 aliphatic heterocycles. The predicted octanol–water partition coefficient (Wildman–Crippen LogP) is 1.28. The zero-order chi connectivity index (χ0) is 8.69. The lowest BCUT2D eigenvalue weighted by atomic mass is 10.3. The highest BCUT2D eigenvalue weighted by molar-refractivity contribution is 8.18. The van der Waals surface area contributed by atoms with Gasteiger partial charge in [0.25, 0.3) is 0 Å². The molecule has 0 atom stereocenters.